The highest BCUT2D eigenvalue weighted by molar-refractivity contribution is 6.33. The molecule has 0 saturated carbocycles. The highest BCUT2D eigenvalue weighted by Crippen LogP contribution is 2.32. The molecule has 0 fully saturated rings. The minimum absolute atomic E-state index is 0.0924. The number of benzene rings is 1. The summed E-state index contributed by atoms with van der Waals surface area (Å²) in [5.41, 5.74) is 1.26. The highest BCUT2D eigenvalue weighted by atomic mass is 35.5. The second-order valence-electron chi connectivity index (χ2n) is 3.89. The summed E-state index contributed by atoms with van der Waals surface area (Å²) in [7, 11) is 0. The number of anilines is 1. The average molecular weight is 278 g/mol. The Labute approximate surface area is 115 Å². The van der Waals surface area contributed by atoms with Crippen LogP contribution in [-0.2, 0) is 6.42 Å². The van der Waals surface area contributed by atoms with E-state index in [1.807, 2.05) is 18.2 Å². The van der Waals surface area contributed by atoms with E-state index in [0.29, 0.717) is 18.7 Å². The van der Waals surface area contributed by atoms with Crippen molar-refractivity contribution >= 4 is 23.0 Å². The van der Waals surface area contributed by atoms with Crippen molar-refractivity contribution in [3.05, 3.63) is 63.4 Å². The van der Waals surface area contributed by atoms with Gasteiger partial charge in [-0.3, -0.25) is 15.1 Å². The van der Waals surface area contributed by atoms with Gasteiger partial charge in [-0.2, -0.15) is 0 Å². The van der Waals surface area contributed by atoms with Gasteiger partial charge in [0.15, 0.2) is 0 Å². The third-order valence-corrected chi connectivity index (χ3v) is 2.90. The standard InChI is InChI=1S/C13H12ClN3O2/c14-11-5-3-6-12(13(11)17(18)19)16-9-7-10-4-1-2-8-15-10/h1-6,8,16H,7,9H2. The summed E-state index contributed by atoms with van der Waals surface area (Å²) in [4.78, 5) is 14.6. The third-order valence-electron chi connectivity index (χ3n) is 2.59. The number of nitrogens with one attached hydrogen (secondary N) is 1. The van der Waals surface area contributed by atoms with Crippen LogP contribution in [0.25, 0.3) is 0 Å². The second kappa shape index (κ2) is 6.15. The lowest BCUT2D eigenvalue weighted by Gasteiger charge is -2.07. The normalized spacial score (nSPS) is 10.2. The van der Waals surface area contributed by atoms with Crippen LogP contribution < -0.4 is 5.32 Å². The van der Waals surface area contributed by atoms with Gasteiger partial charge < -0.3 is 5.32 Å². The van der Waals surface area contributed by atoms with E-state index < -0.39 is 4.92 Å². The fraction of sp³-hybridized carbons (Fsp3) is 0.154. The molecule has 0 radical (unpaired) electrons. The molecule has 0 aliphatic heterocycles. The van der Waals surface area contributed by atoms with Gasteiger partial charge in [-0.25, -0.2) is 0 Å². The van der Waals surface area contributed by atoms with Crippen molar-refractivity contribution in [3.8, 4) is 0 Å². The van der Waals surface area contributed by atoms with E-state index in [2.05, 4.69) is 10.3 Å². The fourth-order valence-electron chi connectivity index (χ4n) is 1.71. The van der Waals surface area contributed by atoms with Crippen molar-refractivity contribution in [2.24, 2.45) is 0 Å². The Hall–Kier alpha value is -2.14. The Balaban J connectivity index is 2.04. The van der Waals surface area contributed by atoms with Crippen molar-refractivity contribution in [2.75, 3.05) is 11.9 Å². The molecule has 1 aromatic carbocycles. The molecule has 1 aromatic heterocycles. The number of nitro benzene ring substituents is 1. The lowest BCUT2D eigenvalue weighted by atomic mass is 10.2. The zero-order valence-corrected chi connectivity index (χ0v) is 10.8. The van der Waals surface area contributed by atoms with Crippen molar-refractivity contribution in [1.29, 1.82) is 0 Å². The van der Waals surface area contributed by atoms with E-state index in [1.165, 1.54) is 6.07 Å². The van der Waals surface area contributed by atoms with Crippen LogP contribution in [0.3, 0.4) is 0 Å². The first-order valence-electron chi connectivity index (χ1n) is 5.75. The van der Waals surface area contributed by atoms with Crippen LogP contribution in [0.1, 0.15) is 5.69 Å². The maximum absolute atomic E-state index is 10.9. The molecule has 0 aliphatic rings. The van der Waals surface area contributed by atoms with Gasteiger partial charge in [-0.05, 0) is 24.3 Å². The number of pyridine rings is 1. The van der Waals surface area contributed by atoms with Crippen molar-refractivity contribution in [2.45, 2.75) is 6.42 Å². The molecule has 0 spiro atoms. The molecule has 19 heavy (non-hydrogen) atoms. The van der Waals surface area contributed by atoms with Gasteiger partial charge in [0.2, 0.25) is 0 Å². The van der Waals surface area contributed by atoms with Crippen LogP contribution in [0.5, 0.6) is 0 Å². The van der Waals surface area contributed by atoms with E-state index in [4.69, 9.17) is 11.6 Å². The summed E-state index contributed by atoms with van der Waals surface area (Å²) in [6.45, 7) is 0.554. The zero-order chi connectivity index (χ0) is 13.7. The first-order valence-corrected chi connectivity index (χ1v) is 6.13. The van der Waals surface area contributed by atoms with Gasteiger partial charge in [-0.1, -0.05) is 23.7 Å². The number of nitrogens with zero attached hydrogens (tertiary/aromatic N) is 2. The number of rotatable bonds is 5. The van der Waals surface area contributed by atoms with Gasteiger partial charge in [0.1, 0.15) is 10.7 Å². The third kappa shape index (κ3) is 3.42. The number of hydrogen-bond donors (Lipinski definition) is 1. The number of halogens is 1. The first kappa shape index (κ1) is 13.3. The molecule has 1 heterocycles. The molecule has 0 aliphatic carbocycles. The molecule has 98 valence electrons. The van der Waals surface area contributed by atoms with E-state index in [1.54, 1.807) is 18.3 Å². The van der Waals surface area contributed by atoms with Gasteiger partial charge >= 0.3 is 5.69 Å². The van der Waals surface area contributed by atoms with Gasteiger partial charge in [0.25, 0.3) is 0 Å². The van der Waals surface area contributed by atoms with E-state index in [0.717, 1.165) is 5.69 Å². The van der Waals surface area contributed by atoms with Crippen molar-refractivity contribution in [3.63, 3.8) is 0 Å². The van der Waals surface area contributed by atoms with Gasteiger partial charge in [-0.15, -0.1) is 0 Å². The molecule has 6 heteroatoms. The maximum atomic E-state index is 10.9. The number of hydrogen-bond acceptors (Lipinski definition) is 4. The Morgan fingerprint density at radius 2 is 2.11 bits per heavy atom. The molecule has 0 unspecified atom stereocenters. The molecule has 2 aromatic rings. The Morgan fingerprint density at radius 3 is 2.79 bits per heavy atom. The molecule has 0 amide bonds. The van der Waals surface area contributed by atoms with Crippen LogP contribution in [-0.4, -0.2) is 16.5 Å². The maximum Gasteiger partial charge on any atom is 0.310 e. The molecule has 2 rings (SSSR count). The molecule has 5 nitrogen and oxygen atoms in total. The van der Waals surface area contributed by atoms with E-state index >= 15 is 0 Å². The van der Waals surface area contributed by atoms with E-state index in [9.17, 15) is 10.1 Å². The highest BCUT2D eigenvalue weighted by Gasteiger charge is 2.17. The minimum Gasteiger partial charge on any atom is -0.379 e. The van der Waals surface area contributed by atoms with Crippen LogP contribution in [0, 0.1) is 10.1 Å². The molecule has 0 atom stereocenters. The smallest absolute Gasteiger partial charge is 0.310 e. The molecular weight excluding hydrogens is 266 g/mol. The topological polar surface area (TPSA) is 68.1 Å². The number of aromatic nitrogens is 1. The summed E-state index contributed by atoms with van der Waals surface area (Å²) < 4.78 is 0. The molecule has 1 N–H and O–H groups in total. The fourth-order valence-corrected chi connectivity index (χ4v) is 1.96. The molecule has 0 saturated heterocycles. The summed E-state index contributed by atoms with van der Waals surface area (Å²) in [6, 6.07) is 10.5. The first-order chi connectivity index (χ1) is 9.18. The van der Waals surface area contributed by atoms with Gasteiger partial charge in [0.05, 0.1) is 4.92 Å². The predicted octanol–water partition coefficient (Wildman–Crippen LogP) is 3.30. The monoisotopic (exact) mass is 277 g/mol. The lowest BCUT2D eigenvalue weighted by Crippen LogP contribution is -2.07. The Morgan fingerprint density at radius 1 is 1.26 bits per heavy atom. The van der Waals surface area contributed by atoms with E-state index in [-0.39, 0.29) is 10.7 Å². The van der Waals surface area contributed by atoms with Crippen molar-refractivity contribution in [1.82, 2.24) is 4.98 Å². The predicted molar refractivity (Wildman–Crippen MR) is 74.5 cm³/mol. The summed E-state index contributed by atoms with van der Waals surface area (Å²) >= 11 is 5.83. The second-order valence-corrected chi connectivity index (χ2v) is 4.30. The summed E-state index contributed by atoms with van der Waals surface area (Å²) in [5.74, 6) is 0. The summed E-state index contributed by atoms with van der Waals surface area (Å²) in [6.07, 6.45) is 2.40. The quantitative estimate of drug-likeness (QED) is 0.672. The average Bonchev–Trinajstić information content (AvgIpc) is 2.39. The largest absolute Gasteiger partial charge is 0.379 e. The molecule has 0 bridgehead atoms. The summed E-state index contributed by atoms with van der Waals surface area (Å²) in [5, 5.41) is 14.1. The van der Waals surface area contributed by atoms with Crippen LogP contribution >= 0.6 is 11.6 Å². The SMILES string of the molecule is O=[N+]([O-])c1c(Cl)cccc1NCCc1ccccn1. The van der Waals surface area contributed by atoms with Crippen LogP contribution in [0.4, 0.5) is 11.4 Å². The number of para-hydroxylation sites is 1. The van der Waals surface area contributed by atoms with Crippen LogP contribution in [0.2, 0.25) is 5.02 Å². The molecular formula is C13H12ClN3O2. The lowest BCUT2D eigenvalue weighted by molar-refractivity contribution is -0.383. The minimum atomic E-state index is -0.481. The van der Waals surface area contributed by atoms with Crippen molar-refractivity contribution < 1.29 is 4.92 Å². The van der Waals surface area contributed by atoms with Crippen LogP contribution in [0.15, 0.2) is 42.6 Å². The Kier molecular flexibility index (Phi) is 4.30. The number of nitro groups is 1. The zero-order valence-electron chi connectivity index (χ0n) is 10.0. The van der Waals surface area contributed by atoms with Gasteiger partial charge in [0, 0.05) is 24.9 Å². The Bertz CT molecular complexity index is 575.